The van der Waals surface area contributed by atoms with E-state index in [1.54, 1.807) is 0 Å². The summed E-state index contributed by atoms with van der Waals surface area (Å²) in [6.45, 7) is 0.321. The van der Waals surface area contributed by atoms with E-state index in [2.05, 4.69) is 4.74 Å². The number of carbonyl (C=O) groups excluding carboxylic acids is 1. The number of ether oxygens (including phenoxy) is 1. The third-order valence-electron chi connectivity index (χ3n) is 1.62. The average Bonchev–Trinajstić information content (AvgIpc) is 2.14. The first-order chi connectivity index (χ1) is 6.65. The monoisotopic (exact) mass is 220 g/mol. The lowest BCUT2D eigenvalue weighted by molar-refractivity contribution is -0.129. The van der Waals surface area contributed by atoms with E-state index in [-0.39, 0.29) is 23.7 Å². The largest absolute Gasteiger partial charge is 0.463 e. The normalized spacial score (nSPS) is 10.3. The molecule has 0 saturated heterocycles. The van der Waals surface area contributed by atoms with Crippen LogP contribution in [0.5, 0.6) is 0 Å². The van der Waals surface area contributed by atoms with Gasteiger partial charge < -0.3 is 4.74 Å². The van der Waals surface area contributed by atoms with E-state index in [0.29, 0.717) is 5.56 Å². The first-order valence-corrected chi connectivity index (χ1v) is 4.14. The summed E-state index contributed by atoms with van der Waals surface area (Å²) in [6.07, 6.45) is -2.59. The Bertz CT molecular complexity index is 329. The van der Waals surface area contributed by atoms with Gasteiger partial charge in [0.05, 0.1) is 0 Å². The molecule has 0 aliphatic carbocycles. The van der Waals surface area contributed by atoms with Crippen molar-refractivity contribution in [2.75, 3.05) is 0 Å². The summed E-state index contributed by atoms with van der Waals surface area (Å²) in [5.41, 5.74) is 0.355. The van der Waals surface area contributed by atoms with Gasteiger partial charge in [0.15, 0.2) is 0 Å². The fraction of sp³-hybridized carbons (Fsp3) is 0.222. The highest BCUT2D eigenvalue weighted by Crippen LogP contribution is 2.27. The lowest BCUT2D eigenvalue weighted by Crippen LogP contribution is -1.92. The second-order valence-corrected chi connectivity index (χ2v) is 2.97. The molecule has 0 radical (unpaired) electrons. The molecule has 1 rings (SSSR count). The van der Waals surface area contributed by atoms with Gasteiger partial charge in [-0.15, -0.1) is 0 Å². The van der Waals surface area contributed by atoms with Crippen LogP contribution < -0.4 is 0 Å². The maximum absolute atomic E-state index is 12.2. The maximum Gasteiger partial charge on any atom is 0.293 e. The molecule has 0 amide bonds. The lowest BCUT2D eigenvalue weighted by atomic mass is 10.1. The number of halogens is 3. The molecule has 0 bridgehead atoms. The standard InChI is InChI=1S/C9H7ClF2O2/c10-8-3-6(4-14-5-13)1-2-7(8)9(11)12/h1-3,5,9H,4H2. The van der Waals surface area contributed by atoms with Crippen molar-refractivity contribution < 1.29 is 18.3 Å². The lowest BCUT2D eigenvalue weighted by Gasteiger charge is -2.05. The molecular formula is C9H7ClF2O2. The van der Waals surface area contributed by atoms with E-state index in [0.717, 1.165) is 0 Å². The molecule has 5 heteroatoms. The van der Waals surface area contributed by atoms with Crippen LogP contribution in [0.15, 0.2) is 18.2 Å². The van der Waals surface area contributed by atoms with E-state index in [1.165, 1.54) is 18.2 Å². The van der Waals surface area contributed by atoms with Crippen LogP contribution in [0.2, 0.25) is 5.02 Å². The minimum atomic E-state index is -2.59. The Labute approximate surface area is 84.4 Å². The Balaban J connectivity index is 2.83. The van der Waals surface area contributed by atoms with Gasteiger partial charge in [-0.2, -0.15) is 0 Å². The second kappa shape index (κ2) is 4.91. The smallest absolute Gasteiger partial charge is 0.293 e. The van der Waals surface area contributed by atoms with Crippen molar-refractivity contribution in [1.82, 2.24) is 0 Å². The molecule has 76 valence electrons. The Morgan fingerprint density at radius 1 is 1.50 bits per heavy atom. The summed E-state index contributed by atoms with van der Waals surface area (Å²) in [5, 5.41) is -0.0213. The molecule has 1 aromatic carbocycles. The molecule has 0 saturated carbocycles. The molecule has 0 atom stereocenters. The highest BCUT2D eigenvalue weighted by molar-refractivity contribution is 6.31. The number of benzene rings is 1. The van der Waals surface area contributed by atoms with Crippen LogP contribution in [-0.2, 0) is 16.1 Å². The first-order valence-electron chi connectivity index (χ1n) is 3.77. The molecule has 0 spiro atoms. The van der Waals surface area contributed by atoms with Gasteiger partial charge in [0.1, 0.15) is 6.61 Å². The molecule has 14 heavy (non-hydrogen) atoms. The van der Waals surface area contributed by atoms with E-state index < -0.39 is 6.43 Å². The van der Waals surface area contributed by atoms with Crippen LogP contribution in [0.4, 0.5) is 8.78 Å². The van der Waals surface area contributed by atoms with Gasteiger partial charge in [-0.25, -0.2) is 8.78 Å². The van der Waals surface area contributed by atoms with E-state index in [9.17, 15) is 13.6 Å². The summed E-state index contributed by atoms with van der Waals surface area (Å²) >= 11 is 5.58. The summed E-state index contributed by atoms with van der Waals surface area (Å²) < 4.78 is 28.9. The number of rotatable bonds is 4. The number of carbonyl (C=O) groups is 1. The highest BCUT2D eigenvalue weighted by Gasteiger charge is 2.11. The molecule has 0 N–H and O–H groups in total. The molecule has 1 aromatic rings. The van der Waals surface area contributed by atoms with E-state index in [4.69, 9.17) is 11.6 Å². The summed E-state index contributed by atoms with van der Waals surface area (Å²) in [7, 11) is 0. The van der Waals surface area contributed by atoms with Gasteiger partial charge in [0.25, 0.3) is 12.9 Å². The third-order valence-corrected chi connectivity index (χ3v) is 1.95. The second-order valence-electron chi connectivity index (χ2n) is 2.56. The van der Waals surface area contributed by atoms with Crippen LogP contribution in [0.1, 0.15) is 17.6 Å². The summed E-state index contributed by atoms with van der Waals surface area (Å²) in [4.78, 5) is 9.86. The molecule has 0 unspecified atom stereocenters. The zero-order chi connectivity index (χ0) is 10.6. The fourth-order valence-electron chi connectivity index (χ4n) is 0.968. The van der Waals surface area contributed by atoms with Crippen molar-refractivity contribution in [3.8, 4) is 0 Å². The van der Waals surface area contributed by atoms with Gasteiger partial charge in [-0.1, -0.05) is 23.7 Å². The van der Waals surface area contributed by atoms with Gasteiger partial charge >= 0.3 is 0 Å². The third kappa shape index (κ3) is 2.67. The van der Waals surface area contributed by atoms with Crippen molar-refractivity contribution in [1.29, 1.82) is 0 Å². The molecule has 0 fully saturated rings. The maximum atomic E-state index is 12.2. The molecule has 0 aromatic heterocycles. The SMILES string of the molecule is O=COCc1ccc(C(F)F)c(Cl)c1. The Hall–Kier alpha value is -1.16. The van der Waals surface area contributed by atoms with Crippen LogP contribution in [0.3, 0.4) is 0 Å². The van der Waals surface area contributed by atoms with Crippen molar-refractivity contribution in [3.05, 3.63) is 34.3 Å². The predicted octanol–water partition coefficient (Wildman–Crippen LogP) is 2.95. The molecule has 2 nitrogen and oxygen atoms in total. The Kier molecular flexibility index (Phi) is 3.83. The summed E-state index contributed by atoms with van der Waals surface area (Å²) in [6, 6.07) is 4.01. The minimum Gasteiger partial charge on any atom is -0.463 e. The Morgan fingerprint density at radius 3 is 2.71 bits per heavy atom. The average molecular weight is 221 g/mol. The molecule has 0 heterocycles. The number of hydrogen-bond acceptors (Lipinski definition) is 2. The van der Waals surface area contributed by atoms with Gasteiger partial charge in [0, 0.05) is 10.6 Å². The summed E-state index contributed by atoms with van der Waals surface area (Å²) in [5.74, 6) is 0. The quantitative estimate of drug-likeness (QED) is 0.730. The Morgan fingerprint density at radius 2 is 2.21 bits per heavy atom. The van der Waals surface area contributed by atoms with Crippen LogP contribution in [-0.4, -0.2) is 6.47 Å². The zero-order valence-corrected chi connectivity index (χ0v) is 7.80. The zero-order valence-electron chi connectivity index (χ0n) is 7.04. The fourth-order valence-corrected chi connectivity index (χ4v) is 1.25. The molecule has 0 aliphatic rings. The van der Waals surface area contributed by atoms with Crippen LogP contribution in [0.25, 0.3) is 0 Å². The van der Waals surface area contributed by atoms with Crippen LogP contribution in [0, 0.1) is 0 Å². The van der Waals surface area contributed by atoms with Gasteiger partial charge in [0.2, 0.25) is 0 Å². The molecule has 0 aliphatic heterocycles. The first kappa shape index (κ1) is 10.9. The molecular weight excluding hydrogens is 214 g/mol. The van der Waals surface area contributed by atoms with Crippen LogP contribution >= 0.6 is 11.6 Å². The van der Waals surface area contributed by atoms with Crippen molar-refractivity contribution >= 4 is 18.1 Å². The van der Waals surface area contributed by atoms with E-state index >= 15 is 0 Å². The highest BCUT2D eigenvalue weighted by atomic mass is 35.5. The van der Waals surface area contributed by atoms with Crippen molar-refractivity contribution in [2.45, 2.75) is 13.0 Å². The topological polar surface area (TPSA) is 26.3 Å². The van der Waals surface area contributed by atoms with E-state index in [1.807, 2.05) is 0 Å². The predicted molar refractivity (Wildman–Crippen MR) is 47.3 cm³/mol. The van der Waals surface area contributed by atoms with Gasteiger partial charge in [-0.3, -0.25) is 4.79 Å². The number of hydrogen-bond donors (Lipinski definition) is 0. The number of alkyl halides is 2. The minimum absolute atomic E-state index is 0.0213. The van der Waals surface area contributed by atoms with Gasteiger partial charge in [-0.05, 0) is 11.6 Å². The van der Waals surface area contributed by atoms with Crippen molar-refractivity contribution in [2.24, 2.45) is 0 Å². The van der Waals surface area contributed by atoms with Crippen molar-refractivity contribution in [3.63, 3.8) is 0 Å².